The standard InChI is InChI=1S/C23H31N3O3S/c1-16-9-10-21(15-19(16)4)30(28,29)26-13-11-25(12-14-26)20(5)23(27)24-22-17(2)7-6-8-18(22)3/h6-10,15,20H,11-14H2,1-5H3,(H,24,27)/p+1/t20-/m0/s1. The van der Waals surface area contributed by atoms with E-state index in [1.54, 1.807) is 12.1 Å². The molecule has 3 rings (SSSR count). The number of quaternary nitrogens is 1. The highest BCUT2D eigenvalue weighted by atomic mass is 32.2. The molecule has 1 atom stereocenters. The molecule has 162 valence electrons. The van der Waals surface area contributed by atoms with Crippen molar-refractivity contribution < 1.29 is 18.1 Å². The van der Waals surface area contributed by atoms with Crippen molar-refractivity contribution in [2.24, 2.45) is 0 Å². The number of carbonyl (C=O) groups is 1. The summed E-state index contributed by atoms with van der Waals surface area (Å²) in [6.07, 6.45) is 0. The maximum Gasteiger partial charge on any atom is 0.282 e. The molecule has 7 heteroatoms. The van der Waals surface area contributed by atoms with Gasteiger partial charge in [0.15, 0.2) is 6.04 Å². The van der Waals surface area contributed by atoms with E-state index in [4.69, 9.17) is 0 Å². The quantitative estimate of drug-likeness (QED) is 0.760. The lowest BCUT2D eigenvalue weighted by Gasteiger charge is -2.34. The lowest BCUT2D eigenvalue weighted by Crippen LogP contribution is -3.19. The lowest BCUT2D eigenvalue weighted by molar-refractivity contribution is -0.917. The van der Waals surface area contributed by atoms with Crippen molar-refractivity contribution in [2.45, 2.75) is 45.6 Å². The van der Waals surface area contributed by atoms with Gasteiger partial charge in [-0.15, -0.1) is 0 Å². The van der Waals surface area contributed by atoms with Gasteiger partial charge < -0.3 is 10.2 Å². The Kier molecular flexibility index (Phi) is 6.65. The zero-order chi connectivity index (χ0) is 22.1. The molecule has 2 aromatic rings. The number of carbonyl (C=O) groups excluding carboxylic acids is 1. The van der Waals surface area contributed by atoms with Crippen LogP contribution in [0.4, 0.5) is 5.69 Å². The smallest absolute Gasteiger partial charge is 0.282 e. The van der Waals surface area contributed by atoms with Crippen LogP contribution in [0.15, 0.2) is 41.3 Å². The van der Waals surface area contributed by atoms with Crippen LogP contribution in [0.5, 0.6) is 0 Å². The number of nitrogens with zero attached hydrogens (tertiary/aromatic N) is 1. The predicted octanol–water partition coefficient (Wildman–Crippen LogP) is 1.84. The zero-order valence-corrected chi connectivity index (χ0v) is 19.3. The van der Waals surface area contributed by atoms with E-state index in [9.17, 15) is 13.2 Å². The molecule has 0 aromatic heterocycles. The molecule has 1 fully saturated rings. The number of rotatable bonds is 5. The first-order valence-corrected chi connectivity index (χ1v) is 11.8. The minimum atomic E-state index is -3.51. The number of aryl methyl sites for hydroxylation is 4. The van der Waals surface area contributed by atoms with E-state index in [0.29, 0.717) is 31.1 Å². The topological polar surface area (TPSA) is 70.9 Å². The second kappa shape index (κ2) is 8.88. The molecular weight excluding hydrogens is 398 g/mol. The summed E-state index contributed by atoms with van der Waals surface area (Å²) in [4.78, 5) is 14.3. The summed E-state index contributed by atoms with van der Waals surface area (Å²) in [5.74, 6) is -0.0344. The molecule has 0 bridgehead atoms. The minimum Gasteiger partial charge on any atom is -0.323 e. The number of anilines is 1. The van der Waals surface area contributed by atoms with Crippen LogP contribution in [0.3, 0.4) is 0 Å². The van der Waals surface area contributed by atoms with Crippen molar-refractivity contribution in [3.05, 3.63) is 58.7 Å². The Morgan fingerprint density at radius 1 is 0.967 bits per heavy atom. The number of hydrogen-bond acceptors (Lipinski definition) is 3. The zero-order valence-electron chi connectivity index (χ0n) is 18.5. The highest BCUT2D eigenvalue weighted by Gasteiger charge is 2.34. The van der Waals surface area contributed by atoms with Crippen molar-refractivity contribution in [1.82, 2.24) is 4.31 Å². The summed E-state index contributed by atoms with van der Waals surface area (Å²) in [7, 11) is -3.51. The van der Waals surface area contributed by atoms with E-state index in [1.165, 1.54) is 4.31 Å². The summed E-state index contributed by atoms with van der Waals surface area (Å²) in [5.41, 5.74) is 4.98. The third-order valence-electron chi connectivity index (χ3n) is 6.22. The van der Waals surface area contributed by atoms with E-state index >= 15 is 0 Å². The first-order valence-electron chi connectivity index (χ1n) is 10.4. The van der Waals surface area contributed by atoms with Crippen LogP contribution in [0.2, 0.25) is 0 Å². The Morgan fingerprint density at radius 3 is 2.13 bits per heavy atom. The fraction of sp³-hybridized carbons (Fsp3) is 0.435. The Bertz CT molecular complexity index is 1020. The molecular formula is C23H32N3O3S+. The van der Waals surface area contributed by atoms with Gasteiger partial charge in [0.2, 0.25) is 10.0 Å². The van der Waals surface area contributed by atoms with Crippen LogP contribution < -0.4 is 10.2 Å². The summed E-state index contributed by atoms with van der Waals surface area (Å²) in [6.45, 7) is 11.8. The van der Waals surface area contributed by atoms with Gasteiger partial charge >= 0.3 is 0 Å². The summed E-state index contributed by atoms with van der Waals surface area (Å²) in [6, 6.07) is 11.0. The molecule has 1 aliphatic rings. The molecule has 1 aliphatic heterocycles. The van der Waals surface area contributed by atoms with Gasteiger partial charge in [0, 0.05) is 5.69 Å². The number of sulfonamides is 1. The van der Waals surface area contributed by atoms with Crippen molar-refractivity contribution in [3.8, 4) is 0 Å². The number of amides is 1. The normalized spacial score (nSPS) is 17.0. The molecule has 1 saturated heterocycles. The van der Waals surface area contributed by atoms with E-state index in [0.717, 1.165) is 32.8 Å². The van der Waals surface area contributed by atoms with E-state index in [2.05, 4.69) is 5.32 Å². The monoisotopic (exact) mass is 430 g/mol. The number of piperazine rings is 1. The fourth-order valence-corrected chi connectivity index (χ4v) is 5.43. The largest absolute Gasteiger partial charge is 0.323 e. The molecule has 0 spiro atoms. The lowest BCUT2D eigenvalue weighted by atomic mass is 10.1. The second-order valence-electron chi connectivity index (χ2n) is 8.29. The van der Waals surface area contributed by atoms with E-state index < -0.39 is 10.0 Å². The Balaban J connectivity index is 1.64. The fourth-order valence-electron chi connectivity index (χ4n) is 3.90. The van der Waals surface area contributed by atoms with Gasteiger partial charge in [0.25, 0.3) is 5.91 Å². The van der Waals surface area contributed by atoms with Crippen molar-refractivity contribution in [2.75, 3.05) is 31.5 Å². The molecule has 0 aliphatic carbocycles. The van der Waals surface area contributed by atoms with Crippen LogP contribution >= 0.6 is 0 Å². The molecule has 2 aromatic carbocycles. The third kappa shape index (κ3) is 4.58. The second-order valence-corrected chi connectivity index (χ2v) is 10.2. The van der Waals surface area contributed by atoms with Gasteiger partial charge in [-0.05, 0) is 69.0 Å². The van der Waals surface area contributed by atoms with Gasteiger partial charge in [0.05, 0.1) is 31.1 Å². The van der Waals surface area contributed by atoms with Crippen LogP contribution in [0.1, 0.15) is 29.2 Å². The highest BCUT2D eigenvalue weighted by molar-refractivity contribution is 7.89. The molecule has 1 heterocycles. The predicted molar refractivity (Wildman–Crippen MR) is 119 cm³/mol. The van der Waals surface area contributed by atoms with Gasteiger partial charge in [0.1, 0.15) is 0 Å². The van der Waals surface area contributed by atoms with E-state index in [1.807, 2.05) is 58.9 Å². The molecule has 0 saturated carbocycles. The molecule has 30 heavy (non-hydrogen) atoms. The van der Waals surface area contributed by atoms with Crippen LogP contribution in [0, 0.1) is 27.7 Å². The molecule has 0 radical (unpaired) electrons. The maximum atomic E-state index is 13.0. The molecule has 2 N–H and O–H groups in total. The van der Waals surface area contributed by atoms with Crippen molar-refractivity contribution in [3.63, 3.8) is 0 Å². The van der Waals surface area contributed by atoms with Crippen LogP contribution in [-0.4, -0.2) is 50.9 Å². The summed E-state index contributed by atoms with van der Waals surface area (Å²) < 4.78 is 27.6. The van der Waals surface area contributed by atoms with Gasteiger partial charge in [-0.2, -0.15) is 4.31 Å². The van der Waals surface area contributed by atoms with E-state index in [-0.39, 0.29) is 11.9 Å². The molecule has 0 unspecified atom stereocenters. The van der Waals surface area contributed by atoms with Gasteiger partial charge in [-0.25, -0.2) is 8.42 Å². The number of nitrogens with one attached hydrogen (secondary N) is 2. The maximum absolute atomic E-state index is 13.0. The number of para-hydroxylation sites is 1. The van der Waals surface area contributed by atoms with Gasteiger partial charge in [-0.1, -0.05) is 24.3 Å². The molecule has 1 amide bonds. The SMILES string of the molecule is Cc1ccc(S(=O)(=O)N2CC[NH+]([C@@H](C)C(=O)Nc3c(C)cccc3C)CC2)cc1C. The first kappa shape index (κ1) is 22.5. The Hall–Kier alpha value is -2.22. The number of hydrogen-bond donors (Lipinski definition) is 2. The highest BCUT2D eigenvalue weighted by Crippen LogP contribution is 2.20. The third-order valence-corrected chi connectivity index (χ3v) is 8.11. The van der Waals surface area contributed by atoms with Gasteiger partial charge in [-0.3, -0.25) is 4.79 Å². The number of benzene rings is 2. The first-order chi connectivity index (χ1) is 14.1. The van der Waals surface area contributed by atoms with Crippen LogP contribution in [0.25, 0.3) is 0 Å². The average molecular weight is 431 g/mol. The Morgan fingerprint density at radius 2 is 1.57 bits per heavy atom. The van der Waals surface area contributed by atoms with Crippen LogP contribution in [-0.2, 0) is 14.8 Å². The summed E-state index contributed by atoms with van der Waals surface area (Å²) in [5, 5.41) is 3.06. The molecule has 6 nitrogen and oxygen atoms in total. The minimum absolute atomic E-state index is 0.0344. The average Bonchev–Trinajstić information content (AvgIpc) is 2.72. The Labute approximate surface area is 179 Å². The summed E-state index contributed by atoms with van der Waals surface area (Å²) >= 11 is 0. The van der Waals surface area contributed by atoms with Crippen molar-refractivity contribution >= 4 is 21.6 Å². The van der Waals surface area contributed by atoms with Crippen molar-refractivity contribution in [1.29, 1.82) is 0 Å².